The number of rotatable bonds is 5. The first-order valence-electron chi connectivity index (χ1n) is 5.87. The number of aromatic amines is 1. The van der Waals surface area contributed by atoms with Gasteiger partial charge in [-0.3, -0.25) is 4.79 Å². The third kappa shape index (κ3) is 3.38. The highest BCUT2D eigenvalue weighted by Gasteiger charge is 2.13. The second kappa shape index (κ2) is 5.91. The number of amides is 1. The summed E-state index contributed by atoms with van der Waals surface area (Å²) < 4.78 is 5.53. The predicted octanol–water partition coefficient (Wildman–Crippen LogP) is 2.10. The molecule has 0 aliphatic carbocycles. The normalized spacial score (nSPS) is 11.8. The molecule has 94 valence electrons. The van der Waals surface area contributed by atoms with Gasteiger partial charge in [-0.1, -0.05) is 18.2 Å². The average molecular weight is 244 g/mol. The Bertz CT molecular complexity index is 480. The molecule has 0 saturated carbocycles. The quantitative estimate of drug-likeness (QED) is 0.846. The minimum absolute atomic E-state index is 0.125. The lowest BCUT2D eigenvalue weighted by molar-refractivity contribution is -0.127. The Morgan fingerprint density at radius 2 is 2.11 bits per heavy atom. The maximum Gasteiger partial charge on any atom is 0.261 e. The van der Waals surface area contributed by atoms with Crippen LogP contribution in [-0.2, 0) is 11.3 Å². The van der Waals surface area contributed by atoms with Crippen molar-refractivity contribution in [2.24, 2.45) is 0 Å². The average Bonchev–Trinajstić information content (AvgIpc) is 2.90. The van der Waals surface area contributed by atoms with Crippen LogP contribution in [0.15, 0.2) is 48.8 Å². The van der Waals surface area contributed by atoms with E-state index < -0.39 is 6.10 Å². The van der Waals surface area contributed by atoms with E-state index >= 15 is 0 Å². The lowest BCUT2D eigenvalue weighted by Gasteiger charge is -2.14. The Kier molecular flexibility index (Phi) is 4.02. The summed E-state index contributed by atoms with van der Waals surface area (Å²) in [5, 5.41) is 2.82. The maximum atomic E-state index is 11.8. The van der Waals surface area contributed by atoms with E-state index in [0.717, 1.165) is 5.56 Å². The molecule has 2 rings (SSSR count). The molecule has 1 atom stereocenters. The molecule has 1 aromatic heterocycles. The second-order valence-corrected chi connectivity index (χ2v) is 4.01. The van der Waals surface area contributed by atoms with Crippen molar-refractivity contribution in [2.75, 3.05) is 0 Å². The number of benzene rings is 1. The molecule has 18 heavy (non-hydrogen) atoms. The number of H-pyrrole nitrogens is 1. The van der Waals surface area contributed by atoms with E-state index in [9.17, 15) is 4.79 Å². The molecular weight excluding hydrogens is 228 g/mol. The van der Waals surface area contributed by atoms with E-state index in [0.29, 0.717) is 12.3 Å². The minimum Gasteiger partial charge on any atom is -0.481 e. The van der Waals surface area contributed by atoms with Crippen molar-refractivity contribution >= 4 is 5.91 Å². The third-order valence-electron chi connectivity index (χ3n) is 2.55. The standard InChI is InChI=1S/C14H16N2O2/c1-11(18-13-5-3-2-4-6-13)14(17)16-10-12-7-8-15-9-12/h2-9,11,15H,10H2,1H3,(H,16,17). The number of aromatic nitrogens is 1. The SMILES string of the molecule is CC(Oc1ccccc1)C(=O)NCc1cc[nH]c1. The van der Waals surface area contributed by atoms with Gasteiger partial charge in [0.15, 0.2) is 6.10 Å². The van der Waals surface area contributed by atoms with E-state index in [-0.39, 0.29) is 5.91 Å². The Morgan fingerprint density at radius 3 is 2.78 bits per heavy atom. The molecule has 0 aliphatic rings. The van der Waals surface area contributed by atoms with Gasteiger partial charge in [0.05, 0.1) is 0 Å². The fraction of sp³-hybridized carbons (Fsp3) is 0.214. The van der Waals surface area contributed by atoms with Crippen molar-refractivity contribution in [1.29, 1.82) is 0 Å². The summed E-state index contributed by atoms with van der Waals surface area (Å²) in [7, 11) is 0. The van der Waals surface area contributed by atoms with Gasteiger partial charge in [0, 0.05) is 18.9 Å². The predicted molar refractivity (Wildman–Crippen MR) is 69.2 cm³/mol. The Balaban J connectivity index is 1.82. The van der Waals surface area contributed by atoms with Crippen LogP contribution < -0.4 is 10.1 Å². The highest BCUT2D eigenvalue weighted by molar-refractivity contribution is 5.80. The van der Waals surface area contributed by atoms with Crippen LogP contribution in [-0.4, -0.2) is 17.0 Å². The van der Waals surface area contributed by atoms with E-state index in [1.807, 2.05) is 48.8 Å². The van der Waals surface area contributed by atoms with Crippen LogP contribution in [0.25, 0.3) is 0 Å². The zero-order chi connectivity index (χ0) is 12.8. The Labute approximate surface area is 106 Å². The van der Waals surface area contributed by atoms with E-state index in [1.54, 1.807) is 6.92 Å². The Morgan fingerprint density at radius 1 is 1.33 bits per heavy atom. The van der Waals surface area contributed by atoms with Crippen LogP contribution in [0.3, 0.4) is 0 Å². The maximum absolute atomic E-state index is 11.8. The van der Waals surface area contributed by atoms with Crippen LogP contribution in [0.1, 0.15) is 12.5 Å². The molecule has 2 aromatic rings. The lowest BCUT2D eigenvalue weighted by atomic mass is 10.3. The van der Waals surface area contributed by atoms with Crippen LogP contribution in [0.2, 0.25) is 0 Å². The molecule has 0 saturated heterocycles. The summed E-state index contributed by atoms with van der Waals surface area (Å²) in [5.74, 6) is 0.571. The third-order valence-corrected chi connectivity index (χ3v) is 2.55. The van der Waals surface area contributed by atoms with Gasteiger partial charge in [-0.25, -0.2) is 0 Å². The van der Waals surface area contributed by atoms with Crippen molar-refractivity contribution < 1.29 is 9.53 Å². The zero-order valence-corrected chi connectivity index (χ0v) is 10.2. The zero-order valence-electron chi connectivity index (χ0n) is 10.2. The molecule has 1 unspecified atom stereocenters. The molecule has 4 heteroatoms. The second-order valence-electron chi connectivity index (χ2n) is 4.01. The topological polar surface area (TPSA) is 54.1 Å². The highest BCUT2D eigenvalue weighted by Crippen LogP contribution is 2.10. The summed E-state index contributed by atoms with van der Waals surface area (Å²) in [6.07, 6.45) is 3.17. The van der Waals surface area contributed by atoms with Gasteiger partial charge in [0.2, 0.25) is 0 Å². The fourth-order valence-corrected chi connectivity index (χ4v) is 1.56. The molecule has 1 aromatic carbocycles. The molecule has 0 radical (unpaired) electrons. The van der Waals surface area contributed by atoms with Gasteiger partial charge >= 0.3 is 0 Å². The Hall–Kier alpha value is -2.23. The van der Waals surface area contributed by atoms with Gasteiger partial charge in [-0.15, -0.1) is 0 Å². The van der Waals surface area contributed by atoms with Crippen LogP contribution in [0.4, 0.5) is 0 Å². The number of hydrogen-bond acceptors (Lipinski definition) is 2. The van der Waals surface area contributed by atoms with Crippen molar-refractivity contribution in [3.8, 4) is 5.75 Å². The molecule has 2 N–H and O–H groups in total. The van der Waals surface area contributed by atoms with E-state index in [4.69, 9.17) is 4.74 Å². The molecule has 0 bridgehead atoms. The van der Waals surface area contributed by atoms with Crippen LogP contribution >= 0.6 is 0 Å². The molecule has 0 fully saturated rings. The summed E-state index contributed by atoms with van der Waals surface area (Å²) in [4.78, 5) is 14.7. The number of para-hydroxylation sites is 1. The van der Waals surface area contributed by atoms with Gasteiger partial charge < -0.3 is 15.0 Å². The molecule has 4 nitrogen and oxygen atoms in total. The van der Waals surface area contributed by atoms with Crippen molar-refractivity contribution in [3.05, 3.63) is 54.4 Å². The monoisotopic (exact) mass is 244 g/mol. The molecule has 1 heterocycles. The molecule has 0 aliphatic heterocycles. The number of ether oxygens (including phenoxy) is 1. The van der Waals surface area contributed by atoms with Crippen LogP contribution in [0.5, 0.6) is 5.75 Å². The minimum atomic E-state index is -0.508. The smallest absolute Gasteiger partial charge is 0.261 e. The highest BCUT2D eigenvalue weighted by atomic mass is 16.5. The summed E-state index contributed by atoms with van der Waals surface area (Å²) in [5.41, 5.74) is 1.04. The van der Waals surface area contributed by atoms with Gasteiger partial charge in [0.25, 0.3) is 5.91 Å². The number of carbonyl (C=O) groups excluding carboxylic acids is 1. The van der Waals surface area contributed by atoms with Gasteiger partial charge in [-0.05, 0) is 30.7 Å². The lowest BCUT2D eigenvalue weighted by Crippen LogP contribution is -2.35. The van der Waals surface area contributed by atoms with Gasteiger partial charge in [0.1, 0.15) is 5.75 Å². The summed E-state index contributed by atoms with van der Waals surface area (Å²) in [6, 6.07) is 11.2. The van der Waals surface area contributed by atoms with Crippen LogP contribution in [0, 0.1) is 0 Å². The van der Waals surface area contributed by atoms with Crippen molar-refractivity contribution in [3.63, 3.8) is 0 Å². The number of nitrogens with one attached hydrogen (secondary N) is 2. The molecule has 1 amide bonds. The van der Waals surface area contributed by atoms with Gasteiger partial charge in [-0.2, -0.15) is 0 Å². The van der Waals surface area contributed by atoms with E-state index in [1.165, 1.54) is 0 Å². The largest absolute Gasteiger partial charge is 0.481 e. The number of carbonyl (C=O) groups is 1. The number of hydrogen-bond donors (Lipinski definition) is 2. The molecular formula is C14H16N2O2. The fourth-order valence-electron chi connectivity index (χ4n) is 1.56. The first-order chi connectivity index (χ1) is 8.75. The summed E-state index contributed by atoms with van der Waals surface area (Å²) in [6.45, 7) is 2.24. The van der Waals surface area contributed by atoms with Crippen molar-refractivity contribution in [2.45, 2.75) is 19.6 Å². The first kappa shape index (κ1) is 12.2. The molecule has 0 spiro atoms. The van der Waals surface area contributed by atoms with E-state index in [2.05, 4.69) is 10.3 Å². The van der Waals surface area contributed by atoms with Crippen molar-refractivity contribution in [1.82, 2.24) is 10.3 Å². The first-order valence-corrected chi connectivity index (χ1v) is 5.87. The summed E-state index contributed by atoms with van der Waals surface area (Å²) >= 11 is 0.